The molecule has 0 aliphatic rings. The molecule has 0 aliphatic carbocycles. The van der Waals surface area contributed by atoms with Gasteiger partial charge in [0.05, 0.1) is 0 Å². The van der Waals surface area contributed by atoms with E-state index in [-0.39, 0.29) is 0 Å². The van der Waals surface area contributed by atoms with Gasteiger partial charge in [0.1, 0.15) is 23.0 Å². The first-order valence-corrected chi connectivity index (χ1v) is 13.1. The minimum atomic E-state index is -3.21. The Kier molecular flexibility index (Phi) is 7.86. The summed E-state index contributed by atoms with van der Waals surface area (Å²) in [6, 6.07) is 37.6. The summed E-state index contributed by atoms with van der Waals surface area (Å²) in [6.45, 7) is 0. The van der Waals surface area contributed by atoms with E-state index >= 15 is 0 Å². The number of para-hydroxylation sites is 4. The molecule has 6 nitrogen and oxygen atoms in total. The fraction of sp³-hybridized carbons (Fsp3) is 0.0400. The minimum absolute atomic E-state index is 0.594. The van der Waals surface area contributed by atoms with Crippen LogP contribution >= 0.6 is 15.8 Å². The summed E-state index contributed by atoms with van der Waals surface area (Å²) in [7, 11) is -3.90. The summed E-state index contributed by atoms with van der Waals surface area (Å²) in [5.74, 6) is 2.47. The summed E-state index contributed by atoms with van der Waals surface area (Å²) < 4.78 is 34.3. The third-order valence-corrected chi connectivity index (χ3v) is 8.18. The molecule has 0 aromatic heterocycles. The van der Waals surface area contributed by atoms with Crippen LogP contribution in [0.15, 0.2) is 131 Å². The molecule has 0 saturated carbocycles. The molecule has 33 heavy (non-hydrogen) atoms. The number of nitrogens with zero attached hydrogens (tertiary/aromatic N) is 2. The van der Waals surface area contributed by atoms with Crippen LogP contribution in [0.3, 0.4) is 0 Å². The Bertz CT molecular complexity index is 1130. The molecule has 0 unspecified atom stereocenters. The van der Waals surface area contributed by atoms with Crippen molar-refractivity contribution >= 4 is 15.8 Å². The Hall–Kier alpha value is -3.46. The lowest BCUT2D eigenvalue weighted by Crippen LogP contribution is -2.00. The number of rotatable bonds is 9. The van der Waals surface area contributed by atoms with E-state index in [2.05, 4.69) is 4.74 Å². The molecule has 0 saturated heterocycles. The second-order valence-corrected chi connectivity index (χ2v) is 10.2. The van der Waals surface area contributed by atoms with Crippen molar-refractivity contribution in [3.63, 3.8) is 0 Å². The summed E-state index contributed by atoms with van der Waals surface area (Å²) in [5.41, 5.74) is 0. The van der Waals surface area contributed by atoms with Crippen molar-refractivity contribution in [2.45, 2.75) is 0 Å². The summed E-state index contributed by atoms with van der Waals surface area (Å²) in [4.78, 5) is 0. The van der Waals surface area contributed by atoms with E-state index in [4.69, 9.17) is 22.6 Å². The van der Waals surface area contributed by atoms with Crippen molar-refractivity contribution < 1.29 is 18.1 Å². The van der Waals surface area contributed by atoms with Gasteiger partial charge >= 0.3 is 15.8 Å². The smallest absolute Gasteiger partial charge is 0.432 e. The van der Waals surface area contributed by atoms with Crippen molar-refractivity contribution in [2.24, 2.45) is 9.26 Å². The molecule has 4 rings (SSSR count). The second kappa shape index (κ2) is 11.4. The molecule has 8 heteroatoms. The van der Waals surface area contributed by atoms with E-state index in [1.165, 1.54) is 0 Å². The highest BCUT2D eigenvalue weighted by molar-refractivity contribution is 7.61. The van der Waals surface area contributed by atoms with Gasteiger partial charge in [0.25, 0.3) is 0 Å². The van der Waals surface area contributed by atoms with E-state index in [1.807, 2.05) is 121 Å². The van der Waals surface area contributed by atoms with Gasteiger partial charge in [-0.2, -0.15) is 0 Å². The first-order chi connectivity index (χ1) is 16.2. The monoisotopic (exact) mass is 478 g/mol. The third kappa shape index (κ3) is 6.76. The van der Waals surface area contributed by atoms with Gasteiger partial charge < -0.3 is 18.1 Å². The maximum atomic E-state index is 6.28. The molecule has 0 bridgehead atoms. The van der Waals surface area contributed by atoms with Crippen LogP contribution in [0.4, 0.5) is 0 Å². The van der Waals surface area contributed by atoms with Crippen LogP contribution in [0.5, 0.6) is 23.0 Å². The second-order valence-electron chi connectivity index (χ2n) is 6.70. The van der Waals surface area contributed by atoms with Gasteiger partial charge in [0.15, 0.2) is 0 Å². The normalized spacial score (nSPS) is 10.8. The third-order valence-electron chi connectivity index (χ3n) is 4.29. The minimum Gasteiger partial charge on any atom is -0.432 e. The predicted octanol–water partition coefficient (Wildman–Crippen LogP) is 8.11. The Balaban J connectivity index is 1.77. The Morgan fingerprint density at radius 1 is 0.515 bits per heavy atom. The van der Waals surface area contributed by atoms with Crippen LogP contribution in [0, 0.1) is 0 Å². The van der Waals surface area contributed by atoms with Crippen molar-refractivity contribution in [1.82, 2.24) is 0 Å². The summed E-state index contributed by atoms with van der Waals surface area (Å²) >= 11 is 0. The van der Waals surface area contributed by atoms with Gasteiger partial charge in [-0.25, -0.2) is 4.74 Å². The Labute approximate surface area is 194 Å². The molecule has 0 radical (unpaired) electrons. The summed E-state index contributed by atoms with van der Waals surface area (Å²) in [5, 5.41) is 0. The van der Waals surface area contributed by atoms with Crippen molar-refractivity contribution in [1.29, 1.82) is 0 Å². The van der Waals surface area contributed by atoms with E-state index in [0.29, 0.717) is 23.0 Å². The Morgan fingerprint density at radius 2 is 0.848 bits per heavy atom. The molecule has 4 aromatic rings. The molecular formula is C25H24N2O4P2. The Morgan fingerprint density at radius 3 is 1.18 bits per heavy atom. The highest BCUT2D eigenvalue weighted by atomic mass is 31.2. The lowest BCUT2D eigenvalue weighted by molar-refractivity contribution is 0.469. The van der Waals surface area contributed by atoms with Gasteiger partial charge in [-0.3, -0.25) is 0 Å². The first kappa shape index (κ1) is 22.7. The van der Waals surface area contributed by atoms with Crippen LogP contribution < -0.4 is 18.1 Å². The predicted molar refractivity (Wildman–Crippen MR) is 134 cm³/mol. The van der Waals surface area contributed by atoms with Crippen LogP contribution in [0.1, 0.15) is 0 Å². The fourth-order valence-electron chi connectivity index (χ4n) is 2.77. The molecular weight excluding hydrogens is 454 g/mol. The zero-order valence-electron chi connectivity index (χ0n) is 18.0. The van der Waals surface area contributed by atoms with E-state index in [0.717, 1.165) is 0 Å². The molecule has 0 atom stereocenters. The highest BCUT2D eigenvalue weighted by Gasteiger charge is 2.27. The number of benzene rings is 4. The topological polar surface area (TPSA) is 61.6 Å². The highest BCUT2D eigenvalue weighted by Crippen LogP contribution is 2.57. The molecule has 0 spiro atoms. The molecule has 0 aliphatic heterocycles. The van der Waals surface area contributed by atoms with Crippen molar-refractivity contribution in [3.05, 3.63) is 121 Å². The number of hydrogen-bond acceptors (Lipinski definition) is 5. The number of hydrogen-bond donors (Lipinski definition) is 0. The van der Waals surface area contributed by atoms with Crippen molar-refractivity contribution in [3.8, 4) is 23.0 Å². The van der Waals surface area contributed by atoms with Crippen LogP contribution in [0.2, 0.25) is 0 Å². The largest absolute Gasteiger partial charge is 0.448 e. The first-order valence-electron chi connectivity index (χ1n) is 10.3. The van der Waals surface area contributed by atoms with Crippen LogP contribution in [-0.4, -0.2) is 7.05 Å². The standard InChI is InChI=1S/C25H24N2O4P2/c1-26-33(30-24-18-10-4-11-19-24,31-25-20-12-5-13-21-25)27-32(28-22-14-6-2-7-15-22)29-23-16-8-3-9-17-23/h2-21,32H,1H3. The zero-order valence-corrected chi connectivity index (χ0v) is 19.9. The fourth-order valence-corrected chi connectivity index (χ4v) is 6.31. The quantitative estimate of drug-likeness (QED) is 0.228. The van der Waals surface area contributed by atoms with Crippen molar-refractivity contribution in [2.75, 3.05) is 7.05 Å². The SMILES string of the molecule is CN=P(N=[PH](Oc1ccccc1)Oc1ccccc1)(Oc1ccccc1)Oc1ccccc1. The van der Waals surface area contributed by atoms with Gasteiger partial charge in [0, 0.05) is 7.05 Å². The van der Waals surface area contributed by atoms with Crippen LogP contribution in [0.25, 0.3) is 0 Å². The lowest BCUT2D eigenvalue weighted by atomic mass is 10.3. The van der Waals surface area contributed by atoms with Gasteiger partial charge in [-0.1, -0.05) is 72.8 Å². The van der Waals surface area contributed by atoms with E-state index in [1.54, 1.807) is 7.05 Å². The van der Waals surface area contributed by atoms with Gasteiger partial charge in [-0.15, -0.1) is 4.52 Å². The van der Waals surface area contributed by atoms with Crippen LogP contribution in [-0.2, 0) is 0 Å². The molecule has 168 valence electrons. The molecule has 0 heterocycles. The maximum Gasteiger partial charge on any atom is 0.448 e. The molecule has 0 amide bonds. The van der Waals surface area contributed by atoms with Gasteiger partial charge in [0.2, 0.25) is 0 Å². The van der Waals surface area contributed by atoms with E-state index in [9.17, 15) is 0 Å². The summed E-state index contributed by atoms with van der Waals surface area (Å²) in [6.07, 6.45) is 0. The zero-order chi connectivity index (χ0) is 22.8. The molecule has 0 fully saturated rings. The lowest BCUT2D eigenvalue weighted by Gasteiger charge is -2.22. The average Bonchev–Trinajstić information content (AvgIpc) is 2.86. The molecule has 4 aromatic carbocycles. The van der Waals surface area contributed by atoms with Gasteiger partial charge in [-0.05, 0) is 48.5 Å². The molecule has 0 N–H and O–H groups in total. The maximum absolute atomic E-state index is 6.28. The average molecular weight is 478 g/mol. The van der Waals surface area contributed by atoms with E-state index < -0.39 is 15.8 Å².